The lowest BCUT2D eigenvalue weighted by Gasteiger charge is -2.13. The van der Waals surface area contributed by atoms with E-state index in [0.717, 1.165) is 23.6 Å². The van der Waals surface area contributed by atoms with Crippen molar-refractivity contribution in [2.75, 3.05) is 24.2 Å². The molecule has 0 radical (unpaired) electrons. The Morgan fingerprint density at radius 3 is 2.68 bits per heavy atom. The van der Waals surface area contributed by atoms with Crippen LogP contribution in [-0.2, 0) is 4.79 Å². The van der Waals surface area contributed by atoms with Crippen LogP contribution in [0, 0.1) is 6.92 Å². The quantitative estimate of drug-likeness (QED) is 0.697. The lowest BCUT2D eigenvalue weighted by molar-refractivity contribution is -0.121. The molecular weight excluding hydrogens is 242 g/mol. The first-order valence-electron chi connectivity index (χ1n) is 6.61. The van der Waals surface area contributed by atoms with Crippen molar-refractivity contribution >= 4 is 17.5 Å². The van der Waals surface area contributed by atoms with E-state index in [4.69, 9.17) is 0 Å². The van der Waals surface area contributed by atoms with E-state index in [1.165, 1.54) is 6.33 Å². The van der Waals surface area contributed by atoms with E-state index in [1.807, 2.05) is 27.8 Å². The van der Waals surface area contributed by atoms with Gasteiger partial charge in [0.1, 0.15) is 18.0 Å². The minimum absolute atomic E-state index is 0.0578. The van der Waals surface area contributed by atoms with Crippen molar-refractivity contribution in [3.05, 3.63) is 11.9 Å². The van der Waals surface area contributed by atoms with Gasteiger partial charge in [0.15, 0.2) is 0 Å². The van der Waals surface area contributed by atoms with Crippen molar-refractivity contribution < 1.29 is 4.79 Å². The van der Waals surface area contributed by atoms with E-state index in [0.29, 0.717) is 13.0 Å². The van der Waals surface area contributed by atoms with Crippen LogP contribution >= 0.6 is 0 Å². The molecule has 1 heterocycles. The minimum Gasteiger partial charge on any atom is -0.373 e. The van der Waals surface area contributed by atoms with Crippen molar-refractivity contribution in [3.8, 4) is 0 Å². The fraction of sp³-hybridized carbons (Fsp3) is 0.615. The van der Waals surface area contributed by atoms with E-state index in [9.17, 15) is 4.79 Å². The zero-order chi connectivity index (χ0) is 14.3. The largest absolute Gasteiger partial charge is 0.373 e. The summed E-state index contributed by atoms with van der Waals surface area (Å²) in [4.78, 5) is 19.9. The first-order valence-corrected chi connectivity index (χ1v) is 6.61. The molecule has 0 aliphatic heterocycles. The van der Waals surface area contributed by atoms with Gasteiger partial charge in [0.05, 0.1) is 0 Å². The van der Waals surface area contributed by atoms with Gasteiger partial charge in [-0.25, -0.2) is 9.97 Å². The number of nitrogens with one attached hydrogen (secondary N) is 3. The third kappa shape index (κ3) is 4.73. The van der Waals surface area contributed by atoms with E-state index < -0.39 is 0 Å². The van der Waals surface area contributed by atoms with Gasteiger partial charge in [-0.1, -0.05) is 6.92 Å². The highest BCUT2D eigenvalue weighted by atomic mass is 16.1. The first-order chi connectivity index (χ1) is 9.08. The van der Waals surface area contributed by atoms with Crippen LogP contribution in [0.25, 0.3) is 0 Å². The van der Waals surface area contributed by atoms with Crippen molar-refractivity contribution in [2.45, 2.75) is 39.7 Å². The summed E-state index contributed by atoms with van der Waals surface area (Å²) in [5.41, 5.74) is 0.951. The second-order valence-corrected chi connectivity index (χ2v) is 4.50. The maximum absolute atomic E-state index is 11.6. The lowest BCUT2D eigenvalue weighted by Crippen LogP contribution is -2.33. The van der Waals surface area contributed by atoms with Crippen LogP contribution < -0.4 is 16.0 Å². The molecule has 0 saturated carbocycles. The maximum atomic E-state index is 11.6. The summed E-state index contributed by atoms with van der Waals surface area (Å²) in [5.74, 6) is 1.61. The number of hydrogen-bond acceptors (Lipinski definition) is 5. The van der Waals surface area contributed by atoms with Crippen molar-refractivity contribution in [1.29, 1.82) is 0 Å². The summed E-state index contributed by atoms with van der Waals surface area (Å²) in [6, 6.07) is 0.226. The normalized spacial score (nSPS) is 11.8. The topological polar surface area (TPSA) is 78.9 Å². The summed E-state index contributed by atoms with van der Waals surface area (Å²) >= 11 is 0. The molecule has 0 bridgehead atoms. The zero-order valence-electron chi connectivity index (χ0n) is 12.1. The average molecular weight is 265 g/mol. The second-order valence-electron chi connectivity index (χ2n) is 4.50. The fourth-order valence-electron chi connectivity index (χ4n) is 1.62. The van der Waals surface area contributed by atoms with E-state index >= 15 is 0 Å². The van der Waals surface area contributed by atoms with Gasteiger partial charge in [-0.2, -0.15) is 0 Å². The highest BCUT2D eigenvalue weighted by Crippen LogP contribution is 2.17. The number of carbonyl (C=O) groups excluding carboxylic acids is 1. The van der Waals surface area contributed by atoms with E-state index in [1.54, 1.807) is 0 Å². The molecule has 0 fully saturated rings. The monoisotopic (exact) mass is 265 g/mol. The molecule has 0 saturated heterocycles. The van der Waals surface area contributed by atoms with E-state index in [2.05, 4.69) is 25.9 Å². The standard InChI is InChI=1S/C13H23N5O/c1-5-9(2)18-11(19)6-7-15-13-10(3)12(14-4)16-8-17-13/h8-9H,5-7H2,1-4H3,(H,18,19)(H2,14,15,16,17). The Hall–Kier alpha value is -1.85. The van der Waals surface area contributed by atoms with Gasteiger partial charge in [-0.05, 0) is 20.3 Å². The zero-order valence-corrected chi connectivity index (χ0v) is 12.1. The Balaban J connectivity index is 2.43. The summed E-state index contributed by atoms with van der Waals surface area (Å²) in [6.45, 7) is 6.54. The van der Waals surface area contributed by atoms with Crippen LogP contribution in [0.1, 0.15) is 32.3 Å². The third-order valence-corrected chi connectivity index (χ3v) is 2.99. The Bertz CT molecular complexity index is 421. The van der Waals surface area contributed by atoms with Crippen molar-refractivity contribution in [2.24, 2.45) is 0 Å². The number of rotatable bonds is 7. The first kappa shape index (κ1) is 15.2. The molecule has 106 valence electrons. The molecule has 1 rings (SSSR count). The maximum Gasteiger partial charge on any atom is 0.221 e. The predicted molar refractivity (Wildman–Crippen MR) is 77.3 cm³/mol. The van der Waals surface area contributed by atoms with Gasteiger partial charge >= 0.3 is 0 Å². The number of carbonyl (C=O) groups is 1. The molecule has 6 heteroatoms. The van der Waals surface area contributed by atoms with Gasteiger partial charge in [0, 0.05) is 31.6 Å². The fourth-order valence-corrected chi connectivity index (χ4v) is 1.62. The molecule has 1 aromatic heterocycles. The van der Waals surface area contributed by atoms with Crippen LogP contribution in [0.4, 0.5) is 11.6 Å². The Labute approximate surface area is 114 Å². The summed E-state index contributed by atoms with van der Waals surface area (Å²) in [6.07, 6.45) is 2.87. The molecule has 6 nitrogen and oxygen atoms in total. The predicted octanol–water partition coefficient (Wildman–Crippen LogP) is 1.54. The average Bonchev–Trinajstić information content (AvgIpc) is 2.40. The molecule has 1 unspecified atom stereocenters. The van der Waals surface area contributed by atoms with Gasteiger partial charge in [0.2, 0.25) is 5.91 Å². The SMILES string of the molecule is CCC(C)NC(=O)CCNc1ncnc(NC)c1C. The number of anilines is 2. The highest BCUT2D eigenvalue weighted by molar-refractivity contribution is 5.76. The van der Waals surface area contributed by atoms with Crippen molar-refractivity contribution in [1.82, 2.24) is 15.3 Å². The molecule has 1 amide bonds. The second kappa shape index (κ2) is 7.56. The Kier molecular flexibility index (Phi) is 6.05. The van der Waals surface area contributed by atoms with Crippen LogP contribution in [-0.4, -0.2) is 35.5 Å². The van der Waals surface area contributed by atoms with Crippen LogP contribution in [0.15, 0.2) is 6.33 Å². The molecule has 0 aliphatic carbocycles. The van der Waals surface area contributed by atoms with Crippen molar-refractivity contribution in [3.63, 3.8) is 0 Å². The highest BCUT2D eigenvalue weighted by Gasteiger charge is 2.07. The minimum atomic E-state index is 0.0578. The van der Waals surface area contributed by atoms with Gasteiger partial charge in [-0.3, -0.25) is 4.79 Å². The third-order valence-electron chi connectivity index (χ3n) is 2.99. The van der Waals surface area contributed by atoms with Gasteiger partial charge in [0.25, 0.3) is 0 Å². The van der Waals surface area contributed by atoms with Gasteiger partial charge in [-0.15, -0.1) is 0 Å². The molecular formula is C13H23N5O. The summed E-state index contributed by atoms with van der Waals surface area (Å²) in [5, 5.41) is 9.08. The number of nitrogens with zero attached hydrogens (tertiary/aromatic N) is 2. The summed E-state index contributed by atoms with van der Waals surface area (Å²) < 4.78 is 0. The molecule has 1 atom stereocenters. The van der Waals surface area contributed by atoms with Crippen LogP contribution in [0.2, 0.25) is 0 Å². The van der Waals surface area contributed by atoms with Crippen LogP contribution in [0.5, 0.6) is 0 Å². The van der Waals surface area contributed by atoms with Gasteiger partial charge < -0.3 is 16.0 Å². The number of amides is 1. The molecule has 3 N–H and O–H groups in total. The Morgan fingerprint density at radius 1 is 1.37 bits per heavy atom. The number of aromatic nitrogens is 2. The van der Waals surface area contributed by atoms with Crippen LogP contribution in [0.3, 0.4) is 0 Å². The molecule has 0 spiro atoms. The molecule has 0 aromatic carbocycles. The number of hydrogen-bond donors (Lipinski definition) is 3. The van der Waals surface area contributed by atoms with E-state index in [-0.39, 0.29) is 11.9 Å². The molecule has 1 aromatic rings. The Morgan fingerprint density at radius 2 is 2.05 bits per heavy atom. The lowest BCUT2D eigenvalue weighted by atomic mass is 10.2. The molecule has 0 aliphatic rings. The molecule has 19 heavy (non-hydrogen) atoms. The smallest absolute Gasteiger partial charge is 0.221 e. The summed E-state index contributed by atoms with van der Waals surface area (Å²) in [7, 11) is 1.82.